The molecular weight excluding hydrogens is 461 g/mol. The summed E-state index contributed by atoms with van der Waals surface area (Å²) >= 11 is 6.11. The molecule has 0 aliphatic heterocycles. The molecule has 0 radical (unpaired) electrons. The Morgan fingerprint density at radius 2 is 1.83 bits per heavy atom. The standard InChI is InChI=1S/C16H26ClN3O2S.HI/c1-5-18-15(19-10-11-23(21,22)16(2,3)4)20-12-13-8-6-7-9-14(13)17;/h6-9H,5,10-12H2,1-4H3,(H2,18,19,20);1H. The first-order valence-electron chi connectivity index (χ1n) is 7.65. The molecule has 0 bridgehead atoms. The molecule has 0 saturated carbocycles. The molecule has 0 saturated heterocycles. The third-order valence-electron chi connectivity index (χ3n) is 3.31. The van der Waals surface area contributed by atoms with E-state index in [1.807, 2.05) is 31.2 Å². The van der Waals surface area contributed by atoms with Crippen molar-refractivity contribution in [3.05, 3.63) is 34.9 Å². The molecule has 0 heterocycles. The molecule has 24 heavy (non-hydrogen) atoms. The lowest BCUT2D eigenvalue weighted by atomic mass is 10.2. The molecule has 0 unspecified atom stereocenters. The normalized spacial score (nSPS) is 12.5. The van der Waals surface area contributed by atoms with Gasteiger partial charge in [-0.2, -0.15) is 0 Å². The maximum atomic E-state index is 12.1. The number of hydrogen-bond donors (Lipinski definition) is 2. The first-order valence-corrected chi connectivity index (χ1v) is 9.68. The van der Waals surface area contributed by atoms with Gasteiger partial charge in [-0.15, -0.1) is 24.0 Å². The third kappa shape index (κ3) is 7.57. The molecule has 0 amide bonds. The van der Waals surface area contributed by atoms with Gasteiger partial charge in [0.05, 0.1) is 17.0 Å². The van der Waals surface area contributed by atoms with E-state index in [9.17, 15) is 8.42 Å². The zero-order valence-corrected chi connectivity index (χ0v) is 18.5. The highest BCUT2D eigenvalue weighted by Crippen LogP contribution is 2.16. The molecule has 2 N–H and O–H groups in total. The second-order valence-electron chi connectivity index (χ2n) is 6.14. The smallest absolute Gasteiger partial charge is 0.191 e. The van der Waals surface area contributed by atoms with Crippen molar-refractivity contribution in [3.63, 3.8) is 0 Å². The van der Waals surface area contributed by atoms with Crippen LogP contribution in [0, 0.1) is 0 Å². The Morgan fingerprint density at radius 3 is 2.38 bits per heavy atom. The molecule has 0 fully saturated rings. The average molecular weight is 488 g/mol. The van der Waals surface area contributed by atoms with Crippen molar-refractivity contribution in [2.75, 3.05) is 18.8 Å². The van der Waals surface area contributed by atoms with E-state index in [-0.39, 0.29) is 29.7 Å². The molecule has 0 aromatic heterocycles. The first kappa shape index (κ1) is 23.5. The molecule has 1 aromatic carbocycles. The van der Waals surface area contributed by atoms with Crippen LogP contribution in [0.3, 0.4) is 0 Å². The van der Waals surface area contributed by atoms with Crippen LogP contribution in [-0.4, -0.2) is 38.0 Å². The Morgan fingerprint density at radius 1 is 1.21 bits per heavy atom. The third-order valence-corrected chi connectivity index (χ3v) is 6.28. The fourth-order valence-electron chi connectivity index (χ4n) is 1.74. The summed E-state index contributed by atoms with van der Waals surface area (Å²) in [6, 6.07) is 7.52. The number of nitrogens with zero attached hydrogens (tertiary/aromatic N) is 1. The number of benzene rings is 1. The summed E-state index contributed by atoms with van der Waals surface area (Å²) in [4.78, 5) is 4.44. The van der Waals surface area contributed by atoms with E-state index in [1.54, 1.807) is 20.8 Å². The van der Waals surface area contributed by atoms with Gasteiger partial charge < -0.3 is 10.6 Å². The van der Waals surface area contributed by atoms with Crippen molar-refractivity contribution in [1.29, 1.82) is 0 Å². The van der Waals surface area contributed by atoms with Crippen molar-refractivity contribution >= 4 is 51.4 Å². The van der Waals surface area contributed by atoms with Crippen LogP contribution in [0.1, 0.15) is 33.3 Å². The van der Waals surface area contributed by atoms with E-state index >= 15 is 0 Å². The van der Waals surface area contributed by atoms with Gasteiger partial charge in [0.15, 0.2) is 15.8 Å². The fourth-order valence-corrected chi connectivity index (χ4v) is 2.92. The van der Waals surface area contributed by atoms with Gasteiger partial charge in [0.2, 0.25) is 0 Å². The summed E-state index contributed by atoms with van der Waals surface area (Å²) in [5.41, 5.74) is 0.925. The summed E-state index contributed by atoms with van der Waals surface area (Å²) < 4.78 is 23.4. The van der Waals surface area contributed by atoms with Gasteiger partial charge in [0.25, 0.3) is 0 Å². The molecule has 5 nitrogen and oxygen atoms in total. The van der Waals surface area contributed by atoms with Gasteiger partial charge in [0, 0.05) is 18.1 Å². The van der Waals surface area contributed by atoms with E-state index in [0.717, 1.165) is 5.56 Å². The van der Waals surface area contributed by atoms with Crippen LogP contribution in [0.25, 0.3) is 0 Å². The van der Waals surface area contributed by atoms with Crippen LogP contribution in [0.5, 0.6) is 0 Å². The van der Waals surface area contributed by atoms with Crippen molar-refractivity contribution in [2.24, 2.45) is 4.99 Å². The predicted octanol–water partition coefficient (Wildman–Crippen LogP) is 3.23. The second-order valence-corrected chi connectivity index (χ2v) is 9.41. The van der Waals surface area contributed by atoms with Gasteiger partial charge in [-0.1, -0.05) is 29.8 Å². The fraction of sp³-hybridized carbons (Fsp3) is 0.562. The highest BCUT2D eigenvalue weighted by atomic mass is 127. The summed E-state index contributed by atoms with van der Waals surface area (Å²) in [5.74, 6) is 0.643. The van der Waals surface area contributed by atoms with Gasteiger partial charge in [-0.05, 0) is 39.3 Å². The van der Waals surface area contributed by atoms with E-state index in [4.69, 9.17) is 11.6 Å². The summed E-state index contributed by atoms with van der Waals surface area (Å²) in [7, 11) is -3.15. The molecule has 0 aliphatic rings. The number of halogens is 2. The zero-order chi connectivity index (χ0) is 17.5. The molecule has 0 aliphatic carbocycles. The number of rotatable bonds is 6. The lowest BCUT2D eigenvalue weighted by Gasteiger charge is -2.19. The van der Waals surface area contributed by atoms with Crippen molar-refractivity contribution in [1.82, 2.24) is 10.6 Å². The summed E-state index contributed by atoms with van der Waals surface area (Å²) in [5, 5.41) is 6.82. The quantitative estimate of drug-likeness (QED) is 0.367. The number of nitrogens with one attached hydrogen (secondary N) is 2. The van der Waals surface area contributed by atoms with Crippen molar-refractivity contribution in [3.8, 4) is 0 Å². The lowest BCUT2D eigenvalue weighted by molar-refractivity contribution is 0.559. The lowest BCUT2D eigenvalue weighted by Crippen LogP contribution is -2.41. The van der Waals surface area contributed by atoms with E-state index in [0.29, 0.717) is 30.6 Å². The highest BCUT2D eigenvalue weighted by Gasteiger charge is 2.28. The van der Waals surface area contributed by atoms with Gasteiger partial charge in [-0.3, -0.25) is 0 Å². The monoisotopic (exact) mass is 487 g/mol. The Balaban J connectivity index is 0.00000529. The highest BCUT2D eigenvalue weighted by molar-refractivity contribution is 14.0. The number of sulfone groups is 1. The summed E-state index contributed by atoms with van der Waals surface area (Å²) in [6.07, 6.45) is 0. The first-order chi connectivity index (χ1) is 10.7. The van der Waals surface area contributed by atoms with Crippen LogP contribution < -0.4 is 10.6 Å². The largest absolute Gasteiger partial charge is 0.357 e. The molecule has 138 valence electrons. The SMILES string of the molecule is CCNC(=NCc1ccccc1Cl)NCCS(=O)(=O)C(C)(C)C.I. The Bertz CT molecular complexity index is 643. The molecular formula is C16H27ClIN3O2S. The number of hydrogen-bond acceptors (Lipinski definition) is 3. The molecule has 0 atom stereocenters. The van der Waals surface area contributed by atoms with Crippen LogP contribution in [-0.2, 0) is 16.4 Å². The number of guanidine groups is 1. The maximum Gasteiger partial charge on any atom is 0.191 e. The van der Waals surface area contributed by atoms with E-state index in [1.165, 1.54) is 0 Å². The topological polar surface area (TPSA) is 70.6 Å². The zero-order valence-electron chi connectivity index (χ0n) is 14.6. The van der Waals surface area contributed by atoms with Gasteiger partial charge in [-0.25, -0.2) is 13.4 Å². The Hall–Kier alpha value is -0.540. The second kappa shape index (κ2) is 10.5. The minimum Gasteiger partial charge on any atom is -0.357 e. The van der Waals surface area contributed by atoms with Crippen LogP contribution in [0.4, 0.5) is 0 Å². The van der Waals surface area contributed by atoms with Gasteiger partial charge >= 0.3 is 0 Å². The average Bonchev–Trinajstić information content (AvgIpc) is 2.45. The van der Waals surface area contributed by atoms with E-state index < -0.39 is 14.6 Å². The maximum absolute atomic E-state index is 12.1. The Kier molecular flexibility index (Phi) is 10.2. The molecule has 8 heteroatoms. The Labute approximate surface area is 167 Å². The number of aliphatic imine (C=N–C) groups is 1. The van der Waals surface area contributed by atoms with Crippen LogP contribution >= 0.6 is 35.6 Å². The minimum atomic E-state index is -3.15. The van der Waals surface area contributed by atoms with Crippen molar-refractivity contribution < 1.29 is 8.42 Å². The van der Waals surface area contributed by atoms with Crippen molar-refractivity contribution in [2.45, 2.75) is 39.0 Å². The molecule has 0 spiro atoms. The molecule has 1 rings (SSSR count). The minimum absolute atomic E-state index is 0. The predicted molar refractivity (Wildman–Crippen MR) is 113 cm³/mol. The molecule has 1 aromatic rings. The van der Waals surface area contributed by atoms with Crippen LogP contribution in [0.15, 0.2) is 29.3 Å². The van der Waals surface area contributed by atoms with E-state index in [2.05, 4.69) is 15.6 Å². The summed E-state index contributed by atoms with van der Waals surface area (Å²) in [6.45, 7) is 8.52. The van der Waals surface area contributed by atoms with Gasteiger partial charge in [0.1, 0.15) is 0 Å². The van der Waals surface area contributed by atoms with Crippen LogP contribution in [0.2, 0.25) is 5.02 Å².